The Morgan fingerprint density at radius 1 is 1.07 bits per heavy atom. The Hall–Kier alpha value is -4.22. The van der Waals surface area contributed by atoms with Gasteiger partial charge in [0.1, 0.15) is 11.3 Å². The highest BCUT2D eigenvalue weighted by atomic mass is 19.4. The number of carboxylic acid groups (broad SMARTS) is 2. The average Bonchev–Trinajstić information content (AvgIpc) is 3.55. The fourth-order valence-corrected chi connectivity index (χ4v) is 5.79. The second-order valence-electron chi connectivity index (χ2n) is 11.2. The number of nitrogens with zero attached hydrogens (tertiary/aromatic N) is 5. The molecule has 1 atom stereocenters. The monoisotopic (exact) mass is 599 g/mol. The lowest BCUT2D eigenvalue weighted by Crippen LogP contribution is -2.21. The highest BCUT2D eigenvalue weighted by molar-refractivity contribution is 5.80. The Morgan fingerprint density at radius 3 is 2.42 bits per heavy atom. The molecular formula is C31H36F3N5O4. The summed E-state index contributed by atoms with van der Waals surface area (Å²) in [5.41, 5.74) is 7.15. The normalized spacial score (nSPS) is 14.7. The Labute approximate surface area is 247 Å². The maximum absolute atomic E-state index is 11.9. The topological polar surface area (TPSA) is 123 Å². The van der Waals surface area contributed by atoms with E-state index in [2.05, 4.69) is 46.2 Å². The lowest BCUT2D eigenvalue weighted by Gasteiger charge is -2.22. The molecule has 12 heteroatoms. The molecule has 2 aromatic carbocycles. The number of rotatable bonds is 8. The van der Waals surface area contributed by atoms with Gasteiger partial charge in [-0.1, -0.05) is 61.6 Å². The van der Waals surface area contributed by atoms with Crippen molar-refractivity contribution in [3.63, 3.8) is 0 Å². The summed E-state index contributed by atoms with van der Waals surface area (Å²) >= 11 is 0. The molecule has 4 aromatic rings. The summed E-state index contributed by atoms with van der Waals surface area (Å²) < 4.78 is 35.8. The second-order valence-corrected chi connectivity index (χ2v) is 11.2. The predicted octanol–water partition coefficient (Wildman–Crippen LogP) is 6.19. The van der Waals surface area contributed by atoms with Crippen molar-refractivity contribution in [2.45, 2.75) is 77.4 Å². The predicted molar refractivity (Wildman–Crippen MR) is 154 cm³/mol. The Balaban J connectivity index is 0.000000541. The Bertz CT molecular complexity index is 1590. The number of alkyl halides is 3. The molecule has 5 rings (SSSR count). The fourth-order valence-electron chi connectivity index (χ4n) is 5.79. The van der Waals surface area contributed by atoms with Crippen molar-refractivity contribution in [1.82, 2.24) is 24.5 Å². The van der Waals surface area contributed by atoms with E-state index in [1.165, 1.54) is 43.2 Å². The van der Waals surface area contributed by atoms with Crippen molar-refractivity contribution in [2.75, 3.05) is 0 Å². The third kappa shape index (κ3) is 7.79. The highest BCUT2D eigenvalue weighted by Crippen LogP contribution is 2.34. The van der Waals surface area contributed by atoms with Gasteiger partial charge in [-0.3, -0.25) is 4.79 Å². The minimum Gasteiger partial charge on any atom is -0.481 e. The first kappa shape index (κ1) is 31.7. The van der Waals surface area contributed by atoms with Gasteiger partial charge >= 0.3 is 18.1 Å². The molecule has 9 nitrogen and oxygen atoms in total. The Kier molecular flexibility index (Phi) is 9.87. The smallest absolute Gasteiger partial charge is 0.481 e. The van der Waals surface area contributed by atoms with Crippen LogP contribution in [0.5, 0.6) is 0 Å². The molecule has 1 saturated carbocycles. The molecule has 0 aliphatic heterocycles. The van der Waals surface area contributed by atoms with E-state index in [0.29, 0.717) is 0 Å². The largest absolute Gasteiger partial charge is 0.490 e. The molecule has 230 valence electrons. The van der Waals surface area contributed by atoms with Crippen LogP contribution in [0, 0.1) is 19.8 Å². The van der Waals surface area contributed by atoms with Gasteiger partial charge < -0.3 is 14.8 Å². The van der Waals surface area contributed by atoms with Crippen LogP contribution >= 0.6 is 0 Å². The summed E-state index contributed by atoms with van der Waals surface area (Å²) in [5.74, 6) is -1.96. The van der Waals surface area contributed by atoms with Crippen LogP contribution < -0.4 is 0 Å². The van der Waals surface area contributed by atoms with Gasteiger partial charge in [-0.2, -0.15) is 13.2 Å². The summed E-state index contributed by atoms with van der Waals surface area (Å²) in [4.78, 5) is 25.5. The van der Waals surface area contributed by atoms with E-state index in [4.69, 9.17) is 14.9 Å². The third-order valence-corrected chi connectivity index (χ3v) is 8.19. The summed E-state index contributed by atoms with van der Waals surface area (Å²) in [6.45, 7) is 4.88. The van der Waals surface area contributed by atoms with Gasteiger partial charge in [0.2, 0.25) is 0 Å². The van der Waals surface area contributed by atoms with Gasteiger partial charge in [0.05, 0.1) is 11.9 Å². The van der Waals surface area contributed by atoms with Crippen LogP contribution in [0.3, 0.4) is 0 Å². The first-order valence-electron chi connectivity index (χ1n) is 14.2. The summed E-state index contributed by atoms with van der Waals surface area (Å²) in [7, 11) is 1.87. The molecule has 43 heavy (non-hydrogen) atoms. The van der Waals surface area contributed by atoms with Gasteiger partial charge in [-0.25, -0.2) is 14.5 Å². The highest BCUT2D eigenvalue weighted by Gasteiger charge is 2.38. The molecule has 1 aliphatic carbocycles. The van der Waals surface area contributed by atoms with Crippen molar-refractivity contribution < 1.29 is 33.0 Å². The second kappa shape index (κ2) is 13.4. The third-order valence-electron chi connectivity index (χ3n) is 8.19. The summed E-state index contributed by atoms with van der Waals surface area (Å²) in [6, 6.07) is 10.4. The van der Waals surface area contributed by atoms with Crippen LogP contribution in [-0.2, 0) is 29.6 Å². The maximum atomic E-state index is 11.9. The molecular weight excluding hydrogens is 563 g/mol. The number of aryl methyl sites for hydroxylation is 3. The summed E-state index contributed by atoms with van der Waals surface area (Å²) in [6.07, 6.45) is 6.57. The van der Waals surface area contributed by atoms with E-state index in [-0.39, 0.29) is 12.3 Å². The van der Waals surface area contributed by atoms with Gasteiger partial charge in [-0.05, 0) is 53.6 Å². The zero-order valence-electron chi connectivity index (χ0n) is 24.4. The number of halogens is 3. The number of carbonyl (C=O) groups is 2. The van der Waals surface area contributed by atoms with Gasteiger partial charge in [0, 0.05) is 38.3 Å². The SMILES string of the molecule is Cc1ccc(C(CC(=O)O)c2ccc3c(nnn3C)c2C)cc1Cn1ccnc1CC1CCCCC1.O=C(O)C(F)(F)F. The van der Waals surface area contributed by atoms with Crippen molar-refractivity contribution in [2.24, 2.45) is 13.0 Å². The zero-order valence-corrected chi connectivity index (χ0v) is 24.4. The van der Waals surface area contributed by atoms with Crippen LogP contribution in [0.2, 0.25) is 0 Å². The van der Waals surface area contributed by atoms with Crippen molar-refractivity contribution >= 4 is 23.0 Å². The first-order valence-corrected chi connectivity index (χ1v) is 14.2. The molecule has 0 spiro atoms. The lowest BCUT2D eigenvalue weighted by atomic mass is 9.84. The lowest BCUT2D eigenvalue weighted by molar-refractivity contribution is -0.192. The van der Waals surface area contributed by atoms with Crippen LogP contribution in [0.4, 0.5) is 13.2 Å². The average molecular weight is 600 g/mol. The van der Waals surface area contributed by atoms with E-state index >= 15 is 0 Å². The van der Waals surface area contributed by atoms with E-state index in [1.807, 2.05) is 32.3 Å². The quantitative estimate of drug-likeness (QED) is 0.247. The first-order chi connectivity index (χ1) is 20.3. The number of fused-ring (bicyclic) bond motifs is 1. The number of hydrogen-bond donors (Lipinski definition) is 2. The zero-order chi connectivity index (χ0) is 31.3. The number of imidazole rings is 1. The number of aromatic nitrogens is 5. The molecule has 0 saturated heterocycles. The van der Waals surface area contributed by atoms with Crippen LogP contribution in [0.1, 0.15) is 78.1 Å². The number of aliphatic carboxylic acids is 2. The van der Waals surface area contributed by atoms with Crippen LogP contribution in [0.15, 0.2) is 42.7 Å². The van der Waals surface area contributed by atoms with Crippen molar-refractivity contribution in [3.8, 4) is 0 Å². The molecule has 1 fully saturated rings. The fraction of sp³-hybridized carbons (Fsp3) is 0.452. The van der Waals surface area contributed by atoms with E-state index < -0.39 is 18.1 Å². The minimum atomic E-state index is -5.08. The summed E-state index contributed by atoms with van der Waals surface area (Å²) in [5, 5.41) is 25.4. The van der Waals surface area contributed by atoms with E-state index in [1.54, 1.807) is 4.68 Å². The van der Waals surface area contributed by atoms with Gasteiger partial charge in [0.25, 0.3) is 0 Å². The van der Waals surface area contributed by atoms with Crippen molar-refractivity contribution in [1.29, 1.82) is 0 Å². The molecule has 0 bridgehead atoms. The van der Waals surface area contributed by atoms with Crippen LogP contribution in [-0.4, -0.2) is 52.9 Å². The minimum absolute atomic E-state index is 0.0209. The van der Waals surface area contributed by atoms with Gasteiger partial charge in [-0.15, -0.1) is 5.10 Å². The molecule has 0 radical (unpaired) electrons. The van der Waals surface area contributed by atoms with Crippen LogP contribution in [0.25, 0.3) is 11.0 Å². The standard InChI is InChI=1S/C29H35N5O2.C2HF3O2/c1-19-9-10-22(16-23(19)18-34-14-13-30-27(34)15-21-7-5-4-6-8-21)25(17-28(35)36)24-11-12-26-29(20(24)2)31-32-33(26)3;3-2(4,5)1(6)7/h9-14,16,21,25H,4-8,15,17-18H2,1-3H3,(H,35,36);(H,6,7). The number of carboxylic acids is 2. The molecule has 2 aromatic heterocycles. The molecule has 1 unspecified atom stereocenters. The van der Waals surface area contributed by atoms with Gasteiger partial charge in [0.15, 0.2) is 0 Å². The van der Waals surface area contributed by atoms with Crippen molar-refractivity contribution in [3.05, 3.63) is 76.4 Å². The molecule has 2 N–H and O–H groups in total. The molecule has 1 aliphatic rings. The Morgan fingerprint density at radius 2 is 1.77 bits per heavy atom. The molecule has 0 amide bonds. The van der Waals surface area contributed by atoms with E-state index in [9.17, 15) is 23.1 Å². The number of hydrogen-bond acceptors (Lipinski definition) is 5. The maximum Gasteiger partial charge on any atom is 0.490 e. The van der Waals surface area contributed by atoms with E-state index in [0.717, 1.165) is 52.4 Å². The molecule has 2 heterocycles. The number of benzene rings is 2.